The molecule has 1 rings (SSSR count). The van der Waals surface area contributed by atoms with Crippen LogP contribution in [0.5, 0.6) is 0 Å². The van der Waals surface area contributed by atoms with Gasteiger partial charge < -0.3 is 14.0 Å². The highest BCUT2D eigenvalue weighted by molar-refractivity contribution is 7.90. The number of carbonyl (C=O) groups excluding carboxylic acids is 1. The van der Waals surface area contributed by atoms with E-state index >= 15 is 0 Å². The Morgan fingerprint density at radius 2 is 2.11 bits per heavy atom. The molecule has 0 amide bonds. The van der Waals surface area contributed by atoms with Gasteiger partial charge in [0.05, 0.1) is 19.3 Å². The lowest BCUT2D eigenvalue weighted by atomic mass is 10.1. The second-order valence-corrected chi connectivity index (χ2v) is 7.07. The highest BCUT2D eigenvalue weighted by atomic mass is 32.2. The van der Waals surface area contributed by atoms with Crippen LogP contribution >= 0.6 is 0 Å². The van der Waals surface area contributed by atoms with Gasteiger partial charge in [-0.1, -0.05) is 0 Å². The molecule has 0 aromatic heterocycles. The van der Waals surface area contributed by atoms with E-state index in [-0.39, 0.29) is 18.1 Å². The molecule has 2 unspecified atom stereocenters. The Labute approximate surface area is 112 Å². The van der Waals surface area contributed by atoms with Crippen molar-refractivity contribution in [3.05, 3.63) is 0 Å². The SMILES string of the molecule is CCOC(=O)[C@@H]1[C@H](C)N1[S+]([O-])C(C)(C)CCOC. The summed E-state index contributed by atoms with van der Waals surface area (Å²) < 4.78 is 23.7. The fraction of sp³-hybridized carbons (Fsp3) is 0.917. The van der Waals surface area contributed by atoms with Crippen molar-refractivity contribution in [3.8, 4) is 0 Å². The van der Waals surface area contributed by atoms with Crippen molar-refractivity contribution in [1.82, 2.24) is 4.31 Å². The molecular formula is C12H23NO4S. The lowest BCUT2D eigenvalue weighted by Crippen LogP contribution is -2.39. The fourth-order valence-corrected chi connectivity index (χ4v) is 3.49. The monoisotopic (exact) mass is 277 g/mol. The predicted octanol–water partition coefficient (Wildman–Crippen LogP) is 1.10. The Kier molecular flexibility index (Phi) is 5.46. The van der Waals surface area contributed by atoms with Crippen LogP contribution in [0.2, 0.25) is 0 Å². The lowest BCUT2D eigenvalue weighted by Gasteiger charge is -2.28. The molecule has 6 heteroatoms. The number of hydrogen-bond acceptors (Lipinski definition) is 5. The minimum atomic E-state index is -1.20. The maximum Gasteiger partial charge on any atom is 0.329 e. The van der Waals surface area contributed by atoms with Crippen LogP contribution < -0.4 is 0 Å². The molecule has 106 valence electrons. The van der Waals surface area contributed by atoms with Crippen LogP contribution in [-0.4, -0.2) is 52.0 Å². The van der Waals surface area contributed by atoms with Gasteiger partial charge in [0, 0.05) is 24.9 Å². The Morgan fingerprint density at radius 1 is 1.50 bits per heavy atom. The quantitative estimate of drug-likeness (QED) is 0.396. The minimum Gasteiger partial charge on any atom is -0.597 e. The van der Waals surface area contributed by atoms with Crippen LogP contribution in [0.15, 0.2) is 0 Å². The van der Waals surface area contributed by atoms with Gasteiger partial charge in [0.2, 0.25) is 0 Å². The van der Waals surface area contributed by atoms with Gasteiger partial charge in [-0.05, 0) is 27.7 Å². The van der Waals surface area contributed by atoms with Gasteiger partial charge >= 0.3 is 5.97 Å². The van der Waals surface area contributed by atoms with Gasteiger partial charge in [-0.3, -0.25) is 4.79 Å². The van der Waals surface area contributed by atoms with Gasteiger partial charge in [-0.25, -0.2) is 0 Å². The third-order valence-electron chi connectivity index (χ3n) is 3.14. The van der Waals surface area contributed by atoms with E-state index in [1.807, 2.05) is 20.8 Å². The zero-order valence-electron chi connectivity index (χ0n) is 11.8. The van der Waals surface area contributed by atoms with Crippen molar-refractivity contribution in [1.29, 1.82) is 0 Å². The van der Waals surface area contributed by atoms with Crippen molar-refractivity contribution >= 4 is 17.3 Å². The zero-order chi connectivity index (χ0) is 13.9. The average molecular weight is 277 g/mol. The van der Waals surface area contributed by atoms with Crippen molar-refractivity contribution in [2.75, 3.05) is 20.3 Å². The molecule has 1 aliphatic rings. The molecule has 1 aliphatic heterocycles. The second kappa shape index (κ2) is 6.23. The number of hydrogen-bond donors (Lipinski definition) is 0. The third-order valence-corrected chi connectivity index (χ3v) is 5.24. The van der Waals surface area contributed by atoms with Gasteiger partial charge in [0.25, 0.3) is 0 Å². The number of nitrogens with zero attached hydrogens (tertiary/aromatic N) is 1. The smallest absolute Gasteiger partial charge is 0.329 e. The standard InChI is InChI=1S/C12H23NO4S/c1-6-17-11(14)10-9(2)13(10)18(15)12(3,4)7-8-16-5/h9-10H,6-8H2,1-5H3/t9-,10-,13?,18?/m0/s1. The van der Waals surface area contributed by atoms with E-state index < -0.39 is 16.1 Å². The minimum absolute atomic E-state index is 0.00768. The first kappa shape index (κ1) is 15.8. The predicted molar refractivity (Wildman–Crippen MR) is 70.4 cm³/mol. The molecule has 0 aromatic rings. The molecule has 0 aliphatic carbocycles. The van der Waals surface area contributed by atoms with Crippen LogP contribution in [0.1, 0.15) is 34.1 Å². The normalized spacial score (nSPS) is 28.9. The zero-order valence-corrected chi connectivity index (χ0v) is 12.6. The van der Waals surface area contributed by atoms with Crippen LogP contribution in [0.4, 0.5) is 0 Å². The van der Waals surface area contributed by atoms with Gasteiger partial charge in [-0.15, -0.1) is 4.31 Å². The number of ether oxygens (including phenoxy) is 2. The summed E-state index contributed by atoms with van der Waals surface area (Å²) in [4.78, 5) is 11.6. The van der Waals surface area contributed by atoms with E-state index in [1.165, 1.54) is 0 Å². The first-order chi connectivity index (χ1) is 8.36. The van der Waals surface area contributed by atoms with Crippen LogP contribution in [-0.2, 0) is 25.6 Å². The molecule has 1 heterocycles. The summed E-state index contributed by atoms with van der Waals surface area (Å²) in [5.74, 6) is -0.277. The summed E-state index contributed by atoms with van der Waals surface area (Å²) in [5.41, 5.74) is 0. The molecule has 0 bridgehead atoms. The molecule has 1 saturated heterocycles. The second-order valence-electron chi connectivity index (χ2n) is 5.05. The van der Waals surface area contributed by atoms with Crippen molar-refractivity contribution in [3.63, 3.8) is 0 Å². The summed E-state index contributed by atoms with van der Waals surface area (Å²) >= 11 is -1.20. The van der Waals surface area contributed by atoms with Crippen molar-refractivity contribution < 1.29 is 18.8 Å². The van der Waals surface area contributed by atoms with Gasteiger partial charge in [0.15, 0.2) is 6.04 Å². The number of esters is 1. The van der Waals surface area contributed by atoms with E-state index in [1.54, 1.807) is 18.3 Å². The maximum absolute atomic E-state index is 12.4. The number of methoxy groups -OCH3 is 1. The van der Waals surface area contributed by atoms with E-state index in [4.69, 9.17) is 9.47 Å². The van der Waals surface area contributed by atoms with E-state index in [9.17, 15) is 9.35 Å². The lowest BCUT2D eigenvalue weighted by molar-refractivity contribution is -0.143. The number of rotatable bonds is 7. The summed E-state index contributed by atoms with van der Waals surface area (Å²) in [6, 6.07) is -0.362. The first-order valence-electron chi connectivity index (χ1n) is 6.22. The molecule has 0 saturated carbocycles. The van der Waals surface area contributed by atoms with E-state index in [0.29, 0.717) is 19.6 Å². The Bertz CT molecular complexity index is 298. The largest absolute Gasteiger partial charge is 0.597 e. The number of carbonyl (C=O) groups is 1. The van der Waals surface area contributed by atoms with E-state index in [0.717, 1.165) is 0 Å². The summed E-state index contributed by atoms with van der Waals surface area (Å²) in [6.07, 6.45) is 0.689. The summed E-state index contributed by atoms with van der Waals surface area (Å²) in [5, 5.41) is 0. The Balaban J connectivity index is 2.58. The molecule has 0 spiro atoms. The molecule has 4 atom stereocenters. The van der Waals surface area contributed by atoms with Crippen molar-refractivity contribution in [2.24, 2.45) is 0 Å². The van der Waals surface area contributed by atoms with Gasteiger partial charge in [-0.2, -0.15) is 0 Å². The molecule has 5 nitrogen and oxygen atoms in total. The van der Waals surface area contributed by atoms with Crippen LogP contribution in [0.3, 0.4) is 0 Å². The molecule has 0 aromatic carbocycles. The summed E-state index contributed by atoms with van der Waals surface area (Å²) in [7, 11) is 1.63. The highest BCUT2D eigenvalue weighted by Crippen LogP contribution is 2.39. The molecule has 0 N–H and O–H groups in total. The topological polar surface area (TPSA) is 61.6 Å². The van der Waals surface area contributed by atoms with E-state index in [2.05, 4.69) is 0 Å². The molecule has 18 heavy (non-hydrogen) atoms. The molecule has 1 fully saturated rings. The Hall–Kier alpha value is -0.300. The fourth-order valence-electron chi connectivity index (χ4n) is 1.83. The maximum atomic E-state index is 12.4. The average Bonchev–Trinajstić information content (AvgIpc) is 2.97. The summed E-state index contributed by atoms with van der Waals surface area (Å²) in [6.45, 7) is 8.44. The van der Waals surface area contributed by atoms with Gasteiger partial charge in [0.1, 0.15) is 4.75 Å². The van der Waals surface area contributed by atoms with Crippen LogP contribution in [0.25, 0.3) is 0 Å². The molecule has 0 radical (unpaired) electrons. The third kappa shape index (κ3) is 3.38. The Morgan fingerprint density at radius 3 is 2.61 bits per heavy atom. The first-order valence-corrected chi connectivity index (χ1v) is 7.33. The van der Waals surface area contributed by atoms with Crippen molar-refractivity contribution in [2.45, 2.75) is 50.9 Å². The highest BCUT2D eigenvalue weighted by Gasteiger charge is 2.61. The molecular weight excluding hydrogens is 254 g/mol. The van der Waals surface area contributed by atoms with Crippen LogP contribution in [0, 0.1) is 0 Å².